The number of hydrogen-bond acceptors (Lipinski definition) is 7. The van der Waals surface area contributed by atoms with Gasteiger partial charge in [-0.25, -0.2) is 4.79 Å². The van der Waals surface area contributed by atoms with Crippen LogP contribution >= 0.6 is 11.8 Å². The number of carbonyl (C=O) groups is 4. The van der Waals surface area contributed by atoms with Crippen LogP contribution < -0.4 is 0 Å². The van der Waals surface area contributed by atoms with E-state index in [1.807, 2.05) is 0 Å². The molecule has 0 saturated carbocycles. The Kier molecular flexibility index (Phi) is 6.45. The Balaban J connectivity index is 1.44. The lowest BCUT2D eigenvalue weighted by Gasteiger charge is -2.18. The van der Waals surface area contributed by atoms with Crippen LogP contribution in [0.2, 0.25) is 0 Å². The molecular formula is C23H22N2O6S. The topological polar surface area (TPSA) is 97.1 Å². The maximum Gasteiger partial charge on any atom is 0.338 e. The molecule has 3 amide bonds. The van der Waals surface area contributed by atoms with Gasteiger partial charge in [0.1, 0.15) is 18.1 Å². The van der Waals surface area contributed by atoms with Crippen LogP contribution in [0.3, 0.4) is 0 Å². The fourth-order valence-corrected chi connectivity index (χ4v) is 4.36. The summed E-state index contributed by atoms with van der Waals surface area (Å²) >= 11 is 0.792. The Morgan fingerprint density at radius 3 is 2.50 bits per heavy atom. The average molecular weight is 455 g/mol. The second-order valence-electron chi connectivity index (χ2n) is 7.36. The Hall–Kier alpha value is -3.33. The zero-order valence-electron chi connectivity index (χ0n) is 17.5. The van der Waals surface area contributed by atoms with Gasteiger partial charge in [-0.2, -0.15) is 0 Å². The molecular weight excluding hydrogens is 432 g/mol. The molecule has 0 aliphatic carbocycles. The first kappa shape index (κ1) is 21.9. The largest absolute Gasteiger partial charge is 0.462 e. The van der Waals surface area contributed by atoms with Crippen molar-refractivity contribution < 1.29 is 28.3 Å². The normalized spacial score (nSPS) is 17.5. The second-order valence-corrected chi connectivity index (χ2v) is 8.35. The molecule has 9 heteroatoms. The SMILES string of the molecule is CCOC(=O)c1ccc(-c2ccc(C=C3SC(=O)N(CC(=O)N4CCCC4)C3=O)o2)cc1. The third kappa shape index (κ3) is 4.62. The predicted octanol–water partition coefficient (Wildman–Crippen LogP) is 3.78. The van der Waals surface area contributed by atoms with Crippen molar-refractivity contribution in [1.82, 2.24) is 9.80 Å². The maximum atomic E-state index is 12.7. The highest BCUT2D eigenvalue weighted by molar-refractivity contribution is 8.18. The van der Waals surface area contributed by atoms with Crippen LogP contribution in [-0.4, -0.2) is 59.1 Å². The van der Waals surface area contributed by atoms with Gasteiger partial charge in [0.15, 0.2) is 0 Å². The van der Waals surface area contributed by atoms with E-state index in [1.165, 1.54) is 6.08 Å². The highest BCUT2D eigenvalue weighted by atomic mass is 32.2. The van der Waals surface area contributed by atoms with E-state index in [0.29, 0.717) is 36.8 Å². The monoisotopic (exact) mass is 454 g/mol. The number of thioether (sulfide) groups is 1. The van der Waals surface area contributed by atoms with Gasteiger partial charge in [-0.1, -0.05) is 12.1 Å². The highest BCUT2D eigenvalue weighted by Crippen LogP contribution is 2.33. The van der Waals surface area contributed by atoms with Gasteiger partial charge in [-0.05, 0) is 55.8 Å². The summed E-state index contributed by atoms with van der Waals surface area (Å²) < 4.78 is 10.8. The van der Waals surface area contributed by atoms with Crippen molar-refractivity contribution in [2.24, 2.45) is 0 Å². The number of rotatable bonds is 6. The van der Waals surface area contributed by atoms with E-state index in [1.54, 1.807) is 48.2 Å². The summed E-state index contributed by atoms with van der Waals surface area (Å²) in [6.45, 7) is 3.15. The van der Waals surface area contributed by atoms with Gasteiger partial charge in [-0.3, -0.25) is 19.3 Å². The molecule has 0 atom stereocenters. The van der Waals surface area contributed by atoms with Crippen LogP contribution in [0, 0.1) is 0 Å². The van der Waals surface area contributed by atoms with E-state index in [0.717, 1.165) is 35.1 Å². The molecule has 0 unspecified atom stereocenters. The first-order chi connectivity index (χ1) is 15.5. The Labute approximate surface area is 189 Å². The number of esters is 1. The zero-order valence-corrected chi connectivity index (χ0v) is 18.4. The number of likely N-dealkylation sites (tertiary alicyclic amines) is 1. The summed E-state index contributed by atoms with van der Waals surface area (Å²) in [6.07, 6.45) is 3.39. The van der Waals surface area contributed by atoms with Gasteiger partial charge in [0, 0.05) is 24.7 Å². The number of benzene rings is 1. The maximum absolute atomic E-state index is 12.7. The lowest BCUT2D eigenvalue weighted by atomic mass is 10.1. The highest BCUT2D eigenvalue weighted by Gasteiger charge is 2.37. The van der Waals surface area contributed by atoms with Crippen LogP contribution in [0.15, 0.2) is 45.7 Å². The summed E-state index contributed by atoms with van der Waals surface area (Å²) in [5.74, 6) is -0.138. The molecule has 0 N–H and O–H groups in total. The minimum atomic E-state index is -0.496. The number of furan rings is 1. The molecule has 166 valence electrons. The van der Waals surface area contributed by atoms with Gasteiger partial charge in [0.05, 0.1) is 17.1 Å². The van der Waals surface area contributed by atoms with Crippen molar-refractivity contribution in [3.63, 3.8) is 0 Å². The van der Waals surface area contributed by atoms with Crippen molar-refractivity contribution in [3.05, 3.63) is 52.6 Å². The lowest BCUT2D eigenvalue weighted by Crippen LogP contribution is -2.40. The summed E-state index contributed by atoms with van der Waals surface area (Å²) in [5, 5.41) is -0.463. The first-order valence-electron chi connectivity index (χ1n) is 10.4. The Bertz CT molecular complexity index is 1080. The number of ether oxygens (including phenoxy) is 1. The van der Waals surface area contributed by atoms with Gasteiger partial charge < -0.3 is 14.1 Å². The molecule has 2 fully saturated rings. The smallest absolute Gasteiger partial charge is 0.338 e. The summed E-state index contributed by atoms with van der Waals surface area (Å²) in [6, 6.07) is 10.2. The predicted molar refractivity (Wildman–Crippen MR) is 119 cm³/mol. The number of imide groups is 1. The van der Waals surface area contributed by atoms with Crippen LogP contribution in [0.25, 0.3) is 17.4 Å². The van der Waals surface area contributed by atoms with Crippen LogP contribution in [0.1, 0.15) is 35.9 Å². The van der Waals surface area contributed by atoms with Crippen molar-refractivity contribution in [1.29, 1.82) is 0 Å². The molecule has 1 aromatic carbocycles. The van der Waals surface area contributed by atoms with Gasteiger partial charge >= 0.3 is 5.97 Å². The third-order valence-electron chi connectivity index (χ3n) is 5.21. The Morgan fingerprint density at radius 1 is 1.09 bits per heavy atom. The first-order valence-corrected chi connectivity index (χ1v) is 11.2. The number of hydrogen-bond donors (Lipinski definition) is 0. The number of nitrogens with zero attached hydrogens (tertiary/aromatic N) is 2. The lowest BCUT2D eigenvalue weighted by molar-refractivity contribution is -0.135. The fraction of sp³-hybridized carbons (Fsp3) is 0.304. The van der Waals surface area contributed by atoms with Crippen molar-refractivity contribution in [3.8, 4) is 11.3 Å². The van der Waals surface area contributed by atoms with Gasteiger partial charge in [0.2, 0.25) is 5.91 Å². The molecule has 2 saturated heterocycles. The minimum Gasteiger partial charge on any atom is -0.462 e. The van der Waals surface area contributed by atoms with Crippen molar-refractivity contribution >= 4 is 40.9 Å². The summed E-state index contributed by atoms with van der Waals surface area (Å²) in [7, 11) is 0. The average Bonchev–Trinajstić information content (AvgIpc) is 3.53. The van der Waals surface area contributed by atoms with Gasteiger partial charge in [-0.15, -0.1) is 0 Å². The number of carbonyl (C=O) groups excluding carboxylic acids is 4. The molecule has 2 aromatic rings. The Morgan fingerprint density at radius 2 is 1.81 bits per heavy atom. The molecule has 1 aromatic heterocycles. The quantitative estimate of drug-likeness (QED) is 0.484. The molecule has 0 spiro atoms. The molecule has 2 aliphatic heterocycles. The summed E-state index contributed by atoms with van der Waals surface area (Å²) in [5.41, 5.74) is 1.20. The molecule has 2 aliphatic rings. The zero-order chi connectivity index (χ0) is 22.7. The van der Waals surface area contributed by atoms with Crippen LogP contribution in [0.5, 0.6) is 0 Å². The van der Waals surface area contributed by atoms with E-state index in [4.69, 9.17) is 9.15 Å². The van der Waals surface area contributed by atoms with E-state index < -0.39 is 17.1 Å². The molecule has 32 heavy (non-hydrogen) atoms. The van der Waals surface area contributed by atoms with E-state index in [9.17, 15) is 19.2 Å². The molecule has 3 heterocycles. The van der Waals surface area contributed by atoms with E-state index >= 15 is 0 Å². The fourth-order valence-electron chi connectivity index (χ4n) is 3.54. The molecule has 4 rings (SSSR count). The van der Waals surface area contributed by atoms with Crippen LogP contribution in [-0.2, 0) is 14.3 Å². The van der Waals surface area contributed by atoms with Crippen molar-refractivity contribution in [2.45, 2.75) is 19.8 Å². The van der Waals surface area contributed by atoms with E-state index in [-0.39, 0.29) is 17.4 Å². The number of amides is 3. The molecule has 0 bridgehead atoms. The van der Waals surface area contributed by atoms with Gasteiger partial charge in [0.25, 0.3) is 11.1 Å². The standard InChI is InChI=1S/C23H22N2O6S/c1-2-30-22(28)16-7-5-15(6-8-16)18-10-9-17(31-18)13-19-21(27)25(23(29)32-19)14-20(26)24-11-3-4-12-24/h5-10,13H,2-4,11-12,14H2,1H3. The minimum absolute atomic E-state index is 0.211. The molecule has 0 radical (unpaired) electrons. The third-order valence-corrected chi connectivity index (χ3v) is 6.11. The summed E-state index contributed by atoms with van der Waals surface area (Å²) in [4.78, 5) is 51.9. The van der Waals surface area contributed by atoms with Crippen LogP contribution in [0.4, 0.5) is 4.79 Å². The van der Waals surface area contributed by atoms with Crippen molar-refractivity contribution in [2.75, 3.05) is 26.2 Å². The molecule has 8 nitrogen and oxygen atoms in total. The second kappa shape index (κ2) is 9.44. The van der Waals surface area contributed by atoms with E-state index in [2.05, 4.69) is 0 Å².